The van der Waals surface area contributed by atoms with Crippen molar-refractivity contribution in [2.24, 2.45) is 0 Å². The molecule has 2 aromatic heterocycles. The van der Waals surface area contributed by atoms with Gasteiger partial charge in [-0.2, -0.15) is 0 Å². The highest BCUT2D eigenvalue weighted by Gasteiger charge is 2.37. The Balaban J connectivity index is 2.13. The predicted molar refractivity (Wildman–Crippen MR) is 111 cm³/mol. The van der Waals surface area contributed by atoms with E-state index < -0.39 is 45.8 Å². The van der Waals surface area contributed by atoms with Crippen molar-refractivity contribution in [2.75, 3.05) is 0 Å². The fraction of sp³-hybridized carbons (Fsp3) is 0.136. The van der Waals surface area contributed by atoms with E-state index in [1.807, 2.05) is 0 Å². The van der Waals surface area contributed by atoms with Gasteiger partial charge in [-0.15, -0.1) is 0 Å². The molecule has 0 unspecified atom stereocenters. The van der Waals surface area contributed by atoms with Crippen molar-refractivity contribution in [1.82, 2.24) is 0 Å². The van der Waals surface area contributed by atoms with Crippen LogP contribution in [0.1, 0.15) is 28.2 Å². The summed E-state index contributed by atoms with van der Waals surface area (Å²) in [5.74, 6) is -5.91. The fourth-order valence-electron chi connectivity index (χ4n) is 3.91. The molecule has 0 saturated carbocycles. The quantitative estimate of drug-likeness (QED) is 0.297. The minimum atomic E-state index is -2.14. The van der Waals surface area contributed by atoms with Crippen LogP contribution < -0.4 is 11.3 Å². The molecule has 5 N–H and O–H groups in total. The van der Waals surface area contributed by atoms with Gasteiger partial charge in [0.05, 0.1) is 21.9 Å². The summed E-state index contributed by atoms with van der Waals surface area (Å²) < 4.78 is 10.2. The summed E-state index contributed by atoms with van der Waals surface area (Å²) in [7, 11) is 0. The number of fused-ring (bicyclic) bond motifs is 2. The molecule has 2 aromatic carbocycles. The summed E-state index contributed by atoms with van der Waals surface area (Å²) in [5, 5.41) is 50.9. The number of carboxylic acids is 1. The number of aryl methyl sites for hydroxylation is 2. The lowest BCUT2D eigenvalue weighted by atomic mass is 9.89. The first-order valence-corrected chi connectivity index (χ1v) is 9.22. The molecular weight excluding hydrogens is 424 g/mol. The Morgan fingerprint density at radius 3 is 1.47 bits per heavy atom. The summed E-state index contributed by atoms with van der Waals surface area (Å²) in [6, 6.07) is 4.67. The molecule has 164 valence electrons. The van der Waals surface area contributed by atoms with E-state index >= 15 is 0 Å². The number of phenols is 2. The molecule has 0 aliphatic heterocycles. The average Bonchev–Trinajstić information content (AvgIpc) is 2.64. The minimum Gasteiger partial charge on any atom is -0.508 e. The molecule has 4 aromatic rings. The summed E-state index contributed by atoms with van der Waals surface area (Å²) in [6.45, 7) is 2.97. The van der Waals surface area contributed by atoms with Crippen LogP contribution in [0, 0.1) is 13.8 Å². The van der Waals surface area contributed by atoms with Crippen LogP contribution in [-0.2, 0) is 4.79 Å². The van der Waals surface area contributed by atoms with Crippen molar-refractivity contribution < 1.29 is 39.2 Å². The molecular formula is C22H16O10. The third-order valence-corrected chi connectivity index (χ3v) is 5.22. The standard InChI is InChI=1S/C22H16O10/c1-7-3-9(23)5-11-13(7)18(25)16(21(29)31-11)15(20(27)28)17-19(26)14-8(2)4-10(24)6-12(14)32-22(17)30/h3-6,15,23-26H,1-2H3,(H,27,28). The molecule has 0 amide bonds. The van der Waals surface area contributed by atoms with Crippen LogP contribution in [0.5, 0.6) is 23.0 Å². The number of benzene rings is 2. The Kier molecular flexibility index (Phi) is 4.58. The maximum atomic E-state index is 12.7. The topological polar surface area (TPSA) is 179 Å². The van der Waals surface area contributed by atoms with E-state index in [4.69, 9.17) is 8.83 Å². The number of carboxylic acid groups (broad SMARTS) is 1. The number of hydrogen-bond donors (Lipinski definition) is 5. The van der Waals surface area contributed by atoms with E-state index in [1.54, 1.807) is 0 Å². The number of phenolic OH excluding ortho intramolecular Hbond substituents is 2. The van der Waals surface area contributed by atoms with Crippen molar-refractivity contribution in [3.05, 3.63) is 67.4 Å². The maximum absolute atomic E-state index is 12.7. The third kappa shape index (κ3) is 3.00. The van der Waals surface area contributed by atoms with Gasteiger partial charge in [-0.1, -0.05) is 0 Å². The Hall–Kier alpha value is -4.47. The van der Waals surface area contributed by atoms with Crippen LogP contribution >= 0.6 is 0 Å². The molecule has 0 fully saturated rings. The van der Waals surface area contributed by atoms with Crippen LogP contribution in [0.3, 0.4) is 0 Å². The van der Waals surface area contributed by atoms with Gasteiger partial charge >= 0.3 is 17.2 Å². The van der Waals surface area contributed by atoms with Crippen LogP contribution in [0.4, 0.5) is 0 Å². The van der Waals surface area contributed by atoms with Gasteiger partial charge in [0.1, 0.15) is 40.1 Å². The van der Waals surface area contributed by atoms with Gasteiger partial charge in [0, 0.05) is 12.1 Å². The average molecular weight is 440 g/mol. The van der Waals surface area contributed by atoms with E-state index in [0.29, 0.717) is 0 Å². The Morgan fingerprint density at radius 2 is 1.12 bits per heavy atom. The molecule has 2 heterocycles. The Bertz CT molecular complexity index is 1450. The highest BCUT2D eigenvalue weighted by Crippen LogP contribution is 2.41. The van der Waals surface area contributed by atoms with Crippen molar-refractivity contribution in [3.63, 3.8) is 0 Å². The van der Waals surface area contributed by atoms with Gasteiger partial charge < -0.3 is 34.4 Å². The second-order valence-corrected chi connectivity index (χ2v) is 7.35. The third-order valence-electron chi connectivity index (χ3n) is 5.22. The number of aliphatic carboxylic acids is 1. The zero-order valence-electron chi connectivity index (χ0n) is 16.7. The maximum Gasteiger partial charge on any atom is 0.344 e. The predicted octanol–water partition coefficient (Wildman–Crippen LogP) is 2.56. The van der Waals surface area contributed by atoms with E-state index in [2.05, 4.69) is 0 Å². The summed E-state index contributed by atoms with van der Waals surface area (Å²) in [4.78, 5) is 37.5. The SMILES string of the molecule is Cc1cc(O)cc2oc(=O)c(C(C(=O)O)c3c(O)c4c(C)cc(O)cc4oc3=O)c(O)c12. The van der Waals surface area contributed by atoms with E-state index in [0.717, 1.165) is 12.1 Å². The minimum absolute atomic E-state index is 0.0468. The van der Waals surface area contributed by atoms with Gasteiger partial charge in [-0.3, -0.25) is 4.79 Å². The van der Waals surface area contributed by atoms with Gasteiger partial charge in [-0.25, -0.2) is 9.59 Å². The van der Waals surface area contributed by atoms with Gasteiger partial charge in [0.2, 0.25) is 0 Å². The molecule has 0 radical (unpaired) electrons. The van der Waals surface area contributed by atoms with E-state index in [-0.39, 0.29) is 44.6 Å². The highest BCUT2D eigenvalue weighted by molar-refractivity contribution is 5.94. The monoisotopic (exact) mass is 440 g/mol. The zero-order valence-corrected chi connectivity index (χ0v) is 16.7. The largest absolute Gasteiger partial charge is 0.508 e. The molecule has 32 heavy (non-hydrogen) atoms. The lowest BCUT2D eigenvalue weighted by Gasteiger charge is -2.16. The molecule has 0 aliphatic rings. The molecule has 0 saturated heterocycles. The van der Waals surface area contributed by atoms with Crippen LogP contribution in [0.15, 0.2) is 42.7 Å². The Labute approximate surface area is 177 Å². The second kappa shape index (κ2) is 7.05. The van der Waals surface area contributed by atoms with Gasteiger partial charge in [0.25, 0.3) is 0 Å². The zero-order chi connectivity index (χ0) is 23.5. The summed E-state index contributed by atoms with van der Waals surface area (Å²) in [6.07, 6.45) is 0. The molecule has 0 aliphatic carbocycles. The molecule has 0 atom stereocenters. The Morgan fingerprint density at radius 1 is 0.750 bits per heavy atom. The van der Waals surface area contributed by atoms with Crippen molar-refractivity contribution >= 4 is 27.9 Å². The number of rotatable bonds is 3. The van der Waals surface area contributed by atoms with Crippen molar-refractivity contribution in [2.45, 2.75) is 19.8 Å². The van der Waals surface area contributed by atoms with Crippen molar-refractivity contribution in [1.29, 1.82) is 0 Å². The van der Waals surface area contributed by atoms with Crippen LogP contribution in [0.2, 0.25) is 0 Å². The van der Waals surface area contributed by atoms with Gasteiger partial charge in [0.15, 0.2) is 0 Å². The second-order valence-electron chi connectivity index (χ2n) is 7.35. The molecule has 0 bridgehead atoms. The summed E-state index contributed by atoms with van der Waals surface area (Å²) in [5.41, 5.74) is -4.00. The lowest BCUT2D eigenvalue weighted by molar-refractivity contribution is -0.137. The van der Waals surface area contributed by atoms with E-state index in [9.17, 15) is 39.9 Å². The van der Waals surface area contributed by atoms with E-state index in [1.165, 1.54) is 26.0 Å². The highest BCUT2D eigenvalue weighted by atomic mass is 16.4. The first-order valence-electron chi connectivity index (χ1n) is 9.22. The first-order chi connectivity index (χ1) is 15.0. The van der Waals surface area contributed by atoms with Crippen molar-refractivity contribution in [3.8, 4) is 23.0 Å². The van der Waals surface area contributed by atoms with Gasteiger partial charge in [-0.05, 0) is 37.1 Å². The summed E-state index contributed by atoms with van der Waals surface area (Å²) >= 11 is 0. The molecule has 4 rings (SSSR count). The fourth-order valence-corrected chi connectivity index (χ4v) is 3.91. The smallest absolute Gasteiger partial charge is 0.344 e. The molecule has 0 spiro atoms. The number of hydrogen-bond acceptors (Lipinski definition) is 9. The number of carbonyl (C=O) groups is 1. The van der Waals surface area contributed by atoms with Crippen LogP contribution in [-0.4, -0.2) is 31.5 Å². The molecule has 10 heteroatoms. The molecule has 10 nitrogen and oxygen atoms in total. The van der Waals surface area contributed by atoms with Crippen LogP contribution in [0.25, 0.3) is 21.9 Å². The normalized spacial score (nSPS) is 11.5. The number of aromatic hydroxyl groups is 4. The lowest BCUT2D eigenvalue weighted by Crippen LogP contribution is -2.26. The first kappa shape index (κ1) is 20.8.